The average Bonchev–Trinajstić information content (AvgIpc) is 3.23. The molecule has 1 aliphatic heterocycles. The highest BCUT2D eigenvalue weighted by Crippen LogP contribution is 2.45. The summed E-state index contributed by atoms with van der Waals surface area (Å²) in [5.74, 6) is -0.729. The van der Waals surface area contributed by atoms with Gasteiger partial charge in [0.25, 0.3) is 0 Å². The second-order valence-electron chi connectivity index (χ2n) is 8.49. The van der Waals surface area contributed by atoms with Gasteiger partial charge in [-0.05, 0) is 29.4 Å². The molecule has 0 spiro atoms. The van der Waals surface area contributed by atoms with Crippen molar-refractivity contribution in [2.24, 2.45) is 11.8 Å². The molecular weight excluding hydrogens is 406 g/mol. The van der Waals surface area contributed by atoms with E-state index in [2.05, 4.69) is 13.8 Å². The van der Waals surface area contributed by atoms with Crippen molar-refractivity contribution in [3.05, 3.63) is 71.8 Å². The Morgan fingerprint density at radius 1 is 0.969 bits per heavy atom. The van der Waals surface area contributed by atoms with Crippen LogP contribution in [0.2, 0.25) is 0 Å². The number of esters is 2. The van der Waals surface area contributed by atoms with Crippen molar-refractivity contribution in [1.29, 1.82) is 0 Å². The fourth-order valence-corrected chi connectivity index (χ4v) is 4.42. The number of nitrogens with zero attached hydrogens (tertiary/aromatic N) is 1. The molecule has 1 heterocycles. The summed E-state index contributed by atoms with van der Waals surface area (Å²) in [7, 11) is 1.34. The van der Waals surface area contributed by atoms with Gasteiger partial charge in [-0.15, -0.1) is 0 Å². The van der Waals surface area contributed by atoms with Crippen molar-refractivity contribution >= 4 is 17.8 Å². The number of amides is 1. The Kier molecular flexibility index (Phi) is 8.03. The zero-order valence-corrected chi connectivity index (χ0v) is 18.9. The molecule has 0 N–H and O–H groups in total. The van der Waals surface area contributed by atoms with Crippen molar-refractivity contribution in [2.45, 2.75) is 51.8 Å². The number of hydrogen-bond donors (Lipinski definition) is 0. The monoisotopic (exact) mass is 437 g/mol. The van der Waals surface area contributed by atoms with Crippen LogP contribution in [-0.4, -0.2) is 35.9 Å². The van der Waals surface area contributed by atoms with Crippen LogP contribution in [0, 0.1) is 11.8 Å². The fourth-order valence-electron chi connectivity index (χ4n) is 4.42. The molecule has 1 amide bonds. The van der Waals surface area contributed by atoms with Crippen LogP contribution in [-0.2, 0) is 30.5 Å². The minimum Gasteiger partial charge on any atom is -0.467 e. The highest BCUT2D eigenvalue weighted by molar-refractivity contribution is 5.87. The summed E-state index contributed by atoms with van der Waals surface area (Å²) < 4.78 is 10.3. The van der Waals surface area contributed by atoms with E-state index in [1.807, 2.05) is 60.7 Å². The zero-order chi connectivity index (χ0) is 23.1. The van der Waals surface area contributed by atoms with Gasteiger partial charge in [-0.1, -0.05) is 74.5 Å². The van der Waals surface area contributed by atoms with E-state index in [4.69, 9.17) is 9.47 Å². The minimum absolute atomic E-state index is 0.0186. The van der Waals surface area contributed by atoms with Crippen molar-refractivity contribution in [2.75, 3.05) is 7.11 Å². The lowest BCUT2D eigenvalue weighted by Crippen LogP contribution is -2.42. The maximum absolute atomic E-state index is 13.3. The average molecular weight is 438 g/mol. The highest BCUT2D eigenvalue weighted by Gasteiger charge is 2.48. The van der Waals surface area contributed by atoms with Crippen LogP contribution in [0.3, 0.4) is 0 Å². The lowest BCUT2D eigenvalue weighted by atomic mass is 9.84. The molecular formula is C26H31NO5. The molecule has 3 atom stereocenters. The van der Waals surface area contributed by atoms with Gasteiger partial charge in [0.2, 0.25) is 5.91 Å². The van der Waals surface area contributed by atoms with Crippen LogP contribution in [0.25, 0.3) is 0 Å². The summed E-state index contributed by atoms with van der Waals surface area (Å²) in [6.07, 6.45) is 0.479. The van der Waals surface area contributed by atoms with E-state index in [-0.39, 0.29) is 43.2 Å². The zero-order valence-electron chi connectivity index (χ0n) is 18.9. The van der Waals surface area contributed by atoms with Crippen molar-refractivity contribution in [1.82, 2.24) is 4.90 Å². The summed E-state index contributed by atoms with van der Waals surface area (Å²) in [4.78, 5) is 39.8. The predicted molar refractivity (Wildman–Crippen MR) is 120 cm³/mol. The summed E-state index contributed by atoms with van der Waals surface area (Å²) >= 11 is 0. The van der Waals surface area contributed by atoms with E-state index in [1.165, 1.54) is 7.11 Å². The molecule has 0 saturated carbocycles. The number of ether oxygens (including phenoxy) is 2. The maximum Gasteiger partial charge on any atom is 0.328 e. The Balaban J connectivity index is 1.73. The first-order chi connectivity index (χ1) is 15.4. The van der Waals surface area contributed by atoms with E-state index in [1.54, 1.807) is 4.90 Å². The molecule has 6 nitrogen and oxygen atoms in total. The number of benzene rings is 2. The third kappa shape index (κ3) is 5.55. The Bertz CT molecular complexity index is 912. The minimum atomic E-state index is -0.662. The molecule has 0 bridgehead atoms. The van der Waals surface area contributed by atoms with Crippen LogP contribution < -0.4 is 0 Å². The number of carbonyl (C=O) groups is 3. The van der Waals surface area contributed by atoms with Gasteiger partial charge >= 0.3 is 11.9 Å². The summed E-state index contributed by atoms with van der Waals surface area (Å²) in [5, 5.41) is 0. The van der Waals surface area contributed by atoms with E-state index in [9.17, 15) is 14.4 Å². The summed E-state index contributed by atoms with van der Waals surface area (Å²) in [6.45, 7) is 4.37. The third-order valence-electron chi connectivity index (χ3n) is 6.08. The van der Waals surface area contributed by atoms with Gasteiger partial charge in [0.1, 0.15) is 12.6 Å². The summed E-state index contributed by atoms with van der Waals surface area (Å²) in [5.41, 5.74) is 1.87. The van der Waals surface area contributed by atoms with Gasteiger partial charge in [0.15, 0.2) is 0 Å². The van der Waals surface area contributed by atoms with Gasteiger partial charge in [0.05, 0.1) is 19.6 Å². The predicted octanol–water partition coefficient (Wildman–Crippen LogP) is 4.30. The smallest absolute Gasteiger partial charge is 0.328 e. The second-order valence-corrected chi connectivity index (χ2v) is 8.49. The lowest BCUT2D eigenvalue weighted by Gasteiger charge is -2.32. The SMILES string of the molecule is COC(=O)[C@@H]1C[C@@H](C(C)C)[C@H](c2ccccc2)N1C(=O)CCC(=O)OCc1ccccc1. The van der Waals surface area contributed by atoms with Crippen LogP contribution >= 0.6 is 0 Å². The molecule has 3 rings (SSSR count). The molecule has 32 heavy (non-hydrogen) atoms. The third-order valence-corrected chi connectivity index (χ3v) is 6.08. The van der Waals surface area contributed by atoms with E-state index >= 15 is 0 Å². The molecule has 170 valence electrons. The van der Waals surface area contributed by atoms with Gasteiger partial charge < -0.3 is 14.4 Å². The van der Waals surface area contributed by atoms with E-state index in [0.717, 1.165) is 11.1 Å². The molecule has 0 aromatic heterocycles. The Hall–Kier alpha value is -3.15. The van der Waals surface area contributed by atoms with Gasteiger partial charge in [-0.25, -0.2) is 4.79 Å². The van der Waals surface area contributed by atoms with Crippen molar-refractivity contribution < 1.29 is 23.9 Å². The molecule has 2 aromatic rings. The Morgan fingerprint density at radius 2 is 1.59 bits per heavy atom. The molecule has 2 aromatic carbocycles. The van der Waals surface area contributed by atoms with E-state index < -0.39 is 18.0 Å². The molecule has 0 aliphatic carbocycles. The maximum atomic E-state index is 13.3. The number of carbonyl (C=O) groups excluding carboxylic acids is 3. The number of likely N-dealkylation sites (tertiary alicyclic amines) is 1. The largest absolute Gasteiger partial charge is 0.467 e. The first-order valence-electron chi connectivity index (χ1n) is 11.1. The van der Waals surface area contributed by atoms with Crippen molar-refractivity contribution in [3.63, 3.8) is 0 Å². The molecule has 6 heteroatoms. The topological polar surface area (TPSA) is 72.9 Å². The van der Waals surface area contributed by atoms with Gasteiger partial charge in [-0.2, -0.15) is 0 Å². The van der Waals surface area contributed by atoms with Gasteiger partial charge in [0, 0.05) is 6.42 Å². The first kappa shape index (κ1) is 23.5. The normalized spacial score (nSPS) is 20.2. The lowest BCUT2D eigenvalue weighted by molar-refractivity contribution is -0.153. The first-order valence-corrected chi connectivity index (χ1v) is 11.1. The number of hydrogen-bond acceptors (Lipinski definition) is 5. The molecule has 0 radical (unpaired) electrons. The van der Waals surface area contributed by atoms with Crippen LogP contribution in [0.1, 0.15) is 50.3 Å². The van der Waals surface area contributed by atoms with Crippen LogP contribution in [0.5, 0.6) is 0 Å². The standard InChI is InChI=1S/C26H31NO5/c1-18(2)21-16-22(26(30)31-3)27(25(21)20-12-8-5-9-13-20)23(28)14-15-24(29)32-17-19-10-6-4-7-11-19/h4-13,18,21-22,25H,14-17H2,1-3H3/t21-,22-,25-/m0/s1. The molecule has 0 unspecified atom stereocenters. The number of rotatable bonds is 8. The van der Waals surface area contributed by atoms with Crippen LogP contribution in [0.4, 0.5) is 0 Å². The van der Waals surface area contributed by atoms with Crippen LogP contribution in [0.15, 0.2) is 60.7 Å². The van der Waals surface area contributed by atoms with Gasteiger partial charge in [-0.3, -0.25) is 9.59 Å². The Morgan fingerprint density at radius 3 is 2.19 bits per heavy atom. The molecule has 1 aliphatic rings. The quantitative estimate of drug-likeness (QED) is 0.576. The highest BCUT2D eigenvalue weighted by atomic mass is 16.5. The number of methoxy groups -OCH3 is 1. The summed E-state index contributed by atoms with van der Waals surface area (Å²) in [6, 6.07) is 18.2. The fraction of sp³-hybridized carbons (Fsp3) is 0.423. The second kappa shape index (κ2) is 10.9. The Labute approximate surface area is 189 Å². The van der Waals surface area contributed by atoms with Crippen molar-refractivity contribution in [3.8, 4) is 0 Å². The van der Waals surface area contributed by atoms with E-state index in [0.29, 0.717) is 6.42 Å². The molecule has 1 fully saturated rings. The molecule has 1 saturated heterocycles.